The number of hydrogen-bond acceptors (Lipinski definition) is 4. The number of carboxylic acid groups (broad SMARTS) is 1. The summed E-state index contributed by atoms with van der Waals surface area (Å²) in [6.07, 6.45) is -0.0228. The average Bonchev–Trinajstić information content (AvgIpc) is 2.75. The first-order chi connectivity index (χ1) is 8.97. The van der Waals surface area contributed by atoms with Crippen LogP contribution < -0.4 is 0 Å². The molecule has 0 amide bonds. The normalized spacial score (nSPS) is 12.4. The largest absolute Gasteiger partial charge is 0.481 e. The molecule has 0 saturated heterocycles. The summed E-state index contributed by atoms with van der Waals surface area (Å²) in [7, 11) is 0. The summed E-state index contributed by atoms with van der Waals surface area (Å²) in [4.78, 5) is 10.8. The molecule has 0 bridgehead atoms. The summed E-state index contributed by atoms with van der Waals surface area (Å²) < 4.78 is 2.47. The molecule has 1 unspecified atom stereocenters. The van der Waals surface area contributed by atoms with E-state index in [4.69, 9.17) is 5.11 Å². The maximum atomic E-state index is 10.8. The van der Waals surface area contributed by atoms with Gasteiger partial charge in [-0.05, 0) is 48.0 Å². The van der Waals surface area contributed by atoms with Crippen molar-refractivity contribution in [2.75, 3.05) is 0 Å². The van der Waals surface area contributed by atoms with Crippen LogP contribution in [0.4, 0.5) is 0 Å². The van der Waals surface area contributed by atoms with Gasteiger partial charge in [0, 0.05) is 10.0 Å². The summed E-state index contributed by atoms with van der Waals surface area (Å²) in [5.74, 6) is -0.308. The Balaban J connectivity index is 2.41. The molecule has 0 radical (unpaired) electrons. The van der Waals surface area contributed by atoms with Crippen LogP contribution in [0.25, 0.3) is 11.4 Å². The van der Waals surface area contributed by atoms with Crippen molar-refractivity contribution in [1.82, 2.24) is 20.2 Å². The summed E-state index contributed by atoms with van der Waals surface area (Å²) in [6.45, 7) is 3.75. The molecule has 100 valence electrons. The number of rotatable bonds is 4. The SMILES string of the molecule is Cc1cc(Br)cc(-c2nnnn2C(C)CC(=O)O)c1. The standard InChI is InChI=1S/C12H13BrN4O2/c1-7-3-9(6-10(13)4-7)12-14-15-16-17(12)8(2)5-11(18)19/h3-4,6,8H,5H2,1-2H3,(H,18,19). The number of nitrogens with zero attached hydrogens (tertiary/aromatic N) is 4. The first-order valence-electron chi connectivity index (χ1n) is 5.74. The van der Waals surface area contributed by atoms with Crippen molar-refractivity contribution in [3.8, 4) is 11.4 Å². The molecule has 1 aromatic heterocycles. The van der Waals surface area contributed by atoms with E-state index in [1.165, 1.54) is 4.68 Å². The maximum absolute atomic E-state index is 10.8. The summed E-state index contributed by atoms with van der Waals surface area (Å²) in [5, 5.41) is 20.4. The molecule has 1 atom stereocenters. The van der Waals surface area contributed by atoms with Gasteiger partial charge in [0.2, 0.25) is 0 Å². The second-order valence-corrected chi connectivity index (χ2v) is 5.33. The van der Waals surface area contributed by atoms with E-state index in [0.717, 1.165) is 15.6 Å². The highest BCUT2D eigenvalue weighted by Gasteiger charge is 2.17. The maximum Gasteiger partial charge on any atom is 0.305 e. The van der Waals surface area contributed by atoms with Gasteiger partial charge in [-0.3, -0.25) is 4.79 Å². The van der Waals surface area contributed by atoms with Crippen molar-refractivity contribution in [2.24, 2.45) is 0 Å². The monoisotopic (exact) mass is 324 g/mol. The Bertz CT molecular complexity index is 591. The molecule has 6 nitrogen and oxygen atoms in total. The van der Waals surface area contributed by atoms with E-state index in [1.807, 2.05) is 25.1 Å². The Morgan fingerprint density at radius 1 is 1.47 bits per heavy atom. The Morgan fingerprint density at radius 3 is 2.84 bits per heavy atom. The number of hydrogen-bond donors (Lipinski definition) is 1. The molecule has 1 N–H and O–H groups in total. The molecular formula is C12H13BrN4O2. The van der Waals surface area contributed by atoms with Gasteiger partial charge in [0.05, 0.1) is 12.5 Å². The fraction of sp³-hybridized carbons (Fsp3) is 0.333. The minimum Gasteiger partial charge on any atom is -0.481 e. The van der Waals surface area contributed by atoms with Crippen molar-refractivity contribution in [3.05, 3.63) is 28.2 Å². The predicted molar refractivity (Wildman–Crippen MR) is 72.7 cm³/mol. The van der Waals surface area contributed by atoms with Crippen LogP contribution in [-0.2, 0) is 4.79 Å². The van der Waals surface area contributed by atoms with Crippen LogP contribution in [0.5, 0.6) is 0 Å². The third kappa shape index (κ3) is 3.17. The molecule has 0 saturated carbocycles. The molecule has 0 spiro atoms. The van der Waals surface area contributed by atoms with Gasteiger partial charge < -0.3 is 5.11 Å². The fourth-order valence-electron chi connectivity index (χ4n) is 1.89. The van der Waals surface area contributed by atoms with Gasteiger partial charge in [-0.2, -0.15) is 0 Å². The van der Waals surface area contributed by atoms with Crippen LogP contribution in [-0.4, -0.2) is 31.3 Å². The van der Waals surface area contributed by atoms with Crippen LogP contribution in [0.1, 0.15) is 24.9 Å². The van der Waals surface area contributed by atoms with Crippen molar-refractivity contribution < 1.29 is 9.90 Å². The van der Waals surface area contributed by atoms with Gasteiger partial charge in [0.15, 0.2) is 5.82 Å². The molecular weight excluding hydrogens is 312 g/mol. The molecule has 0 aliphatic carbocycles. The number of aromatic nitrogens is 4. The highest BCUT2D eigenvalue weighted by Crippen LogP contribution is 2.25. The van der Waals surface area contributed by atoms with E-state index in [9.17, 15) is 4.79 Å². The zero-order valence-electron chi connectivity index (χ0n) is 10.5. The molecule has 0 aliphatic heterocycles. The zero-order valence-corrected chi connectivity index (χ0v) is 12.1. The number of carboxylic acids is 1. The molecule has 0 aliphatic rings. The highest BCUT2D eigenvalue weighted by atomic mass is 79.9. The Labute approximate surface area is 118 Å². The van der Waals surface area contributed by atoms with Crippen molar-refractivity contribution >= 4 is 21.9 Å². The number of aryl methyl sites for hydroxylation is 1. The first kappa shape index (κ1) is 13.7. The van der Waals surface area contributed by atoms with Crippen LogP contribution in [0.3, 0.4) is 0 Å². The molecule has 2 rings (SSSR count). The van der Waals surface area contributed by atoms with Crippen LogP contribution in [0.2, 0.25) is 0 Å². The Hall–Kier alpha value is -1.76. The lowest BCUT2D eigenvalue weighted by atomic mass is 10.1. The average molecular weight is 325 g/mol. The van der Waals surface area contributed by atoms with E-state index >= 15 is 0 Å². The van der Waals surface area contributed by atoms with Gasteiger partial charge >= 0.3 is 5.97 Å². The van der Waals surface area contributed by atoms with Crippen molar-refractivity contribution in [3.63, 3.8) is 0 Å². The van der Waals surface area contributed by atoms with Crippen LogP contribution in [0.15, 0.2) is 22.7 Å². The summed E-state index contributed by atoms with van der Waals surface area (Å²) in [6, 6.07) is 5.54. The topological polar surface area (TPSA) is 80.9 Å². The third-order valence-corrected chi connectivity index (χ3v) is 3.14. The van der Waals surface area contributed by atoms with Gasteiger partial charge in [0.1, 0.15) is 0 Å². The fourth-order valence-corrected chi connectivity index (χ4v) is 2.49. The molecule has 1 aromatic carbocycles. The molecule has 2 aromatic rings. The van der Waals surface area contributed by atoms with E-state index < -0.39 is 5.97 Å². The summed E-state index contributed by atoms with van der Waals surface area (Å²) in [5.41, 5.74) is 1.93. The minimum absolute atomic E-state index is 0.0228. The van der Waals surface area contributed by atoms with E-state index in [1.54, 1.807) is 6.92 Å². The quantitative estimate of drug-likeness (QED) is 0.934. The lowest BCUT2D eigenvalue weighted by molar-refractivity contribution is -0.137. The Morgan fingerprint density at radius 2 is 2.21 bits per heavy atom. The number of aliphatic carboxylic acids is 1. The van der Waals surface area contributed by atoms with Gasteiger partial charge in [-0.15, -0.1) is 5.10 Å². The van der Waals surface area contributed by atoms with E-state index in [2.05, 4.69) is 31.5 Å². The molecule has 0 fully saturated rings. The number of tetrazole rings is 1. The Kier molecular flexibility index (Phi) is 3.94. The van der Waals surface area contributed by atoms with E-state index in [-0.39, 0.29) is 12.5 Å². The molecule has 19 heavy (non-hydrogen) atoms. The lowest BCUT2D eigenvalue weighted by Crippen LogP contribution is -2.13. The smallest absolute Gasteiger partial charge is 0.305 e. The van der Waals surface area contributed by atoms with Crippen LogP contribution in [0, 0.1) is 6.92 Å². The molecule has 1 heterocycles. The van der Waals surface area contributed by atoms with Gasteiger partial charge in [0.25, 0.3) is 0 Å². The minimum atomic E-state index is -0.876. The van der Waals surface area contributed by atoms with Gasteiger partial charge in [-0.25, -0.2) is 4.68 Å². The third-order valence-electron chi connectivity index (χ3n) is 2.68. The highest BCUT2D eigenvalue weighted by molar-refractivity contribution is 9.10. The van der Waals surface area contributed by atoms with Crippen molar-refractivity contribution in [2.45, 2.75) is 26.3 Å². The lowest BCUT2D eigenvalue weighted by Gasteiger charge is -2.11. The van der Waals surface area contributed by atoms with Crippen LogP contribution >= 0.6 is 15.9 Å². The number of benzene rings is 1. The first-order valence-corrected chi connectivity index (χ1v) is 6.54. The van der Waals surface area contributed by atoms with E-state index in [0.29, 0.717) is 5.82 Å². The second-order valence-electron chi connectivity index (χ2n) is 4.41. The number of carbonyl (C=O) groups is 1. The second kappa shape index (κ2) is 5.48. The zero-order chi connectivity index (χ0) is 14.0. The van der Waals surface area contributed by atoms with Crippen molar-refractivity contribution in [1.29, 1.82) is 0 Å². The number of halogens is 1. The molecule has 7 heteroatoms. The summed E-state index contributed by atoms with van der Waals surface area (Å²) >= 11 is 3.43. The predicted octanol–water partition coefficient (Wildman–Crippen LogP) is 2.45. The van der Waals surface area contributed by atoms with Gasteiger partial charge in [-0.1, -0.05) is 15.9 Å².